The normalized spacial score (nSPS) is 22.3. The van der Waals surface area contributed by atoms with E-state index in [4.69, 9.17) is 18.0 Å². The average Bonchev–Trinajstić information content (AvgIpc) is 2.36. The van der Waals surface area contributed by atoms with Crippen LogP contribution in [0.1, 0.15) is 40.0 Å². The van der Waals surface area contributed by atoms with Gasteiger partial charge >= 0.3 is 0 Å². The Morgan fingerprint density at radius 1 is 1.56 bits per heavy atom. The molecule has 0 aromatic heterocycles. The SMILES string of the molecule is CCC(C)(C(=O)N1CCC(C(C)O)CC1)C(N)=S. The Morgan fingerprint density at radius 3 is 2.39 bits per heavy atom. The van der Waals surface area contributed by atoms with Crippen molar-refractivity contribution in [2.45, 2.75) is 46.1 Å². The van der Waals surface area contributed by atoms with Crippen molar-refractivity contribution in [1.29, 1.82) is 0 Å². The number of hydrogen-bond acceptors (Lipinski definition) is 3. The molecule has 1 rings (SSSR count). The summed E-state index contributed by atoms with van der Waals surface area (Å²) in [7, 11) is 0. The number of aliphatic hydroxyl groups excluding tert-OH is 1. The van der Waals surface area contributed by atoms with Crippen LogP contribution in [0.2, 0.25) is 0 Å². The number of carbonyl (C=O) groups is 1. The summed E-state index contributed by atoms with van der Waals surface area (Å²) in [6.07, 6.45) is 2.02. The number of likely N-dealkylation sites (tertiary alicyclic amines) is 1. The van der Waals surface area contributed by atoms with Crippen molar-refractivity contribution in [2.75, 3.05) is 13.1 Å². The van der Waals surface area contributed by atoms with Crippen LogP contribution < -0.4 is 5.73 Å². The van der Waals surface area contributed by atoms with E-state index in [2.05, 4.69) is 0 Å². The molecule has 18 heavy (non-hydrogen) atoms. The zero-order chi connectivity index (χ0) is 13.9. The Bertz CT molecular complexity index is 325. The molecule has 0 radical (unpaired) electrons. The van der Waals surface area contributed by atoms with E-state index in [9.17, 15) is 9.90 Å². The predicted octanol–water partition coefficient (Wildman–Crippen LogP) is 1.31. The molecule has 1 saturated heterocycles. The van der Waals surface area contributed by atoms with Gasteiger partial charge in [0.05, 0.1) is 16.5 Å². The number of thiocarbonyl (C=S) groups is 1. The number of aliphatic hydroxyl groups is 1. The molecule has 1 aliphatic rings. The number of piperidine rings is 1. The van der Waals surface area contributed by atoms with E-state index in [-0.39, 0.29) is 17.0 Å². The highest BCUT2D eigenvalue weighted by Crippen LogP contribution is 2.28. The molecule has 5 heteroatoms. The smallest absolute Gasteiger partial charge is 0.235 e. The largest absolute Gasteiger partial charge is 0.393 e. The van der Waals surface area contributed by atoms with Crippen molar-refractivity contribution in [3.05, 3.63) is 0 Å². The van der Waals surface area contributed by atoms with E-state index in [1.165, 1.54) is 0 Å². The first-order valence-electron chi connectivity index (χ1n) is 6.60. The summed E-state index contributed by atoms with van der Waals surface area (Å²) in [5.41, 5.74) is 4.98. The third kappa shape index (κ3) is 3.01. The van der Waals surface area contributed by atoms with Gasteiger partial charge in [0.15, 0.2) is 0 Å². The van der Waals surface area contributed by atoms with Crippen LogP contribution >= 0.6 is 12.2 Å². The van der Waals surface area contributed by atoms with Crippen molar-refractivity contribution in [3.63, 3.8) is 0 Å². The maximum Gasteiger partial charge on any atom is 0.235 e. The quantitative estimate of drug-likeness (QED) is 0.757. The zero-order valence-electron chi connectivity index (χ0n) is 11.5. The zero-order valence-corrected chi connectivity index (χ0v) is 12.3. The van der Waals surface area contributed by atoms with Gasteiger partial charge in [-0.25, -0.2) is 0 Å². The third-order valence-electron chi connectivity index (χ3n) is 4.23. The minimum absolute atomic E-state index is 0.0292. The Balaban J connectivity index is 2.67. The third-order valence-corrected chi connectivity index (χ3v) is 4.68. The molecule has 4 nitrogen and oxygen atoms in total. The van der Waals surface area contributed by atoms with Gasteiger partial charge in [-0.3, -0.25) is 4.79 Å². The lowest BCUT2D eigenvalue weighted by molar-refractivity contribution is -0.139. The van der Waals surface area contributed by atoms with E-state index >= 15 is 0 Å². The van der Waals surface area contributed by atoms with Gasteiger partial charge in [0.1, 0.15) is 0 Å². The minimum atomic E-state index is -0.729. The maximum absolute atomic E-state index is 12.5. The van der Waals surface area contributed by atoms with Crippen LogP contribution in [0.3, 0.4) is 0 Å². The Hall–Kier alpha value is -0.680. The van der Waals surface area contributed by atoms with Crippen molar-refractivity contribution in [1.82, 2.24) is 4.90 Å². The first kappa shape index (κ1) is 15.4. The van der Waals surface area contributed by atoms with E-state index < -0.39 is 5.41 Å². The molecule has 104 valence electrons. The molecule has 2 unspecified atom stereocenters. The fraction of sp³-hybridized carbons (Fsp3) is 0.846. The highest BCUT2D eigenvalue weighted by Gasteiger charge is 2.39. The first-order valence-corrected chi connectivity index (χ1v) is 7.01. The molecule has 1 heterocycles. The predicted molar refractivity (Wildman–Crippen MR) is 76.2 cm³/mol. The van der Waals surface area contributed by atoms with Crippen LogP contribution in [-0.2, 0) is 4.79 Å². The summed E-state index contributed by atoms with van der Waals surface area (Å²) < 4.78 is 0. The van der Waals surface area contributed by atoms with Gasteiger partial charge in [0.2, 0.25) is 5.91 Å². The summed E-state index contributed by atoms with van der Waals surface area (Å²) in [6, 6.07) is 0. The standard InChI is InChI=1S/C13H24N2O2S/c1-4-13(3,11(14)18)12(17)15-7-5-10(6-8-15)9(2)16/h9-10,16H,4-8H2,1-3H3,(H2,14,18). The Kier molecular flexibility index (Phi) is 5.10. The van der Waals surface area contributed by atoms with E-state index in [1.807, 2.05) is 25.7 Å². The van der Waals surface area contributed by atoms with Crippen LogP contribution in [0, 0.1) is 11.3 Å². The minimum Gasteiger partial charge on any atom is -0.393 e. The van der Waals surface area contributed by atoms with Crippen LogP contribution in [0.5, 0.6) is 0 Å². The van der Waals surface area contributed by atoms with Gasteiger partial charge in [-0.05, 0) is 39.0 Å². The summed E-state index contributed by atoms with van der Waals surface area (Å²) in [6.45, 7) is 6.94. The molecule has 0 aliphatic carbocycles. The molecule has 1 amide bonds. The number of nitrogens with two attached hydrogens (primary N) is 1. The molecular formula is C13H24N2O2S. The average molecular weight is 272 g/mol. The van der Waals surface area contributed by atoms with Gasteiger partial charge in [-0.1, -0.05) is 19.1 Å². The lowest BCUT2D eigenvalue weighted by Gasteiger charge is -2.38. The second-order valence-electron chi connectivity index (χ2n) is 5.42. The molecule has 0 aromatic rings. The number of nitrogens with zero attached hydrogens (tertiary/aromatic N) is 1. The summed E-state index contributed by atoms with van der Waals surface area (Å²) in [5.74, 6) is 0.327. The Labute approximate surface area is 115 Å². The molecular weight excluding hydrogens is 248 g/mol. The van der Waals surface area contributed by atoms with Crippen LogP contribution in [0.4, 0.5) is 0 Å². The fourth-order valence-corrected chi connectivity index (χ4v) is 2.60. The van der Waals surface area contributed by atoms with Gasteiger partial charge in [0.25, 0.3) is 0 Å². The molecule has 0 bridgehead atoms. The lowest BCUT2D eigenvalue weighted by Crippen LogP contribution is -2.51. The molecule has 0 aromatic carbocycles. The molecule has 0 spiro atoms. The summed E-state index contributed by atoms with van der Waals surface area (Å²) in [4.78, 5) is 14.6. The van der Waals surface area contributed by atoms with Crippen molar-refractivity contribution < 1.29 is 9.90 Å². The molecule has 0 saturated carbocycles. The summed E-state index contributed by atoms with van der Waals surface area (Å²) >= 11 is 5.03. The van der Waals surface area contributed by atoms with E-state index in [0.29, 0.717) is 25.4 Å². The molecule has 1 fully saturated rings. The van der Waals surface area contributed by atoms with Gasteiger partial charge in [-0.2, -0.15) is 0 Å². The number of rotatable bonds is 4. The number of hydrogen-bond donors (Lipinski definition) is 2. The van der Waals surface area contributed by atoms with Gasteiger partial charge in [-0.15, -0.1) is 0 Å². The highest BCUT2D eigenvalue weighted by atomic mass is 32.1. The van der Waals surface area contributed by atoms with E-state index in [1.54, 1.807) is 0 Å². The topological polar surface area (TPSA) is 66.6 Å². The number of carbonyl (C=O) groups excluding carboxylic acids is 1. The van der Waals surface area contributed by atoms with E-state index in [0.717, 1.165) is 12.8 Å². The molecule has 2 atom stereocenters. The van der Waals surface area contributed by atoms with Crippen LogP contribution in [0.25, 0.3) is 0 Å². The van der Waals surface area contributed by atoms with Crippen molar-refractivity contribution in [3.8, 4) is 0 Å². The maximum atomic E-state index is 12.5. The van der Waals surface area contributed by atoms with Gasteiger partial charge in [0, 0.05) is 13.1 Å². The second-order valence-corrected chi connectivity index (χ2v) is 5.86. The first-order chi connectivity index (χ1) is 8.32. The monoisotopic (exact) mass is 272 g/mol. The second kappa shape index (κ2) is 5.97. The van der Waals surface area contributed by atoms with Gasteiger partial charge < -0.3 is 15.7 Å². The Morgan fingerprint density at radius 2 is 2.06 bits per heavy atom. The molecule has 1 aliphatic heterocycles. The van der Waals surface area contributed by atoms with Crippen LogP contribution in [0.15, 0.2) is 0 Å². The summed E-state index contributed by atoms with van der Waals surface area (Å²) in [5, 5.41) is 9.55. The fourth-order valence-electron chi connectivity index (χ4n) is 2.36. The number of amides is 1. The van der Waals surface area contributed by atoms with Crippen molar-refractivity contribution in [2.24, 2.45) is 17.1 Å². The lowest BCUT2D eigenvalue weighted by atomic mass is 9.84. The van der Waals surface area contributed by atoms with Crippen LogP contribution in [-0.4, -0.2) is 40.1 Å². The highest BCUT2D eigenvalue weighted by molar-refractivity contribution is 7.80. The van der Waals surface area contributed by atoms with Crippen molar-refractivity contribution >= 4 is 23.1 Å². The molecule has 3 N–H and O–H groups in total.